The second kappa shape index (κ2) is 4.67. The molecule has 1 aliphatic rings. The van der Waals surface area contributed by atoms with Crippen molar-refractivity contribution in [2.75, 3.05) is 4.90 Å². The summed E-state index contributed by atoms with van der Waals surface area (Å²) in [6, 6.07) is 13.8. The molecule has 102 valence electrons. The molecule has 0 N–H and O–H groups in total. The van der Waals surface area contributed by atoms with Gasteiger partial charge in [0.25, 0.3) is 5.91 Å². The van der Waals surface area contributed by atoms with Crippen LogP contribution in [0.3, 0.4) is 0 Å². The Balaban J connectivity index is 2.18. The Bertz CT molecular complexity index is 658. The summed E-state index contributed by atoms with van der Waals surface area (Å²) in [5.74, 6) is 0.715. The number of aryl methyl sites for hydroxylation is 2. The first-order valence-corrected chi connectivity index (χ1v) is 6.74. The van der Waals surface area contributed by atoms with Gasteiger partial charge in [-0.25, -0.2) is 0 Å². The lowest BCUT2D eigenvalue weighted by Gasteiger charge is -2.33. The number of hydrogen-bond donors (Lipinski definition) is 0. The van der Waals surface area contributed by atoms with Crippen LogP contribution in [0.5, 0.6) is 5.75 Å². The molecule has 0 radical (unpaired) electrons. The molecule has 0 bridgehead atoms. The fraction of sp³-hybridized carbons (Fsp3) is 0.235. The van der Waals surface area contributed by atoms with Crippen LogP contribution in [-0.2, 0) is 4.79 Å². The van der Waals surface area contributed by atoms with Gasteiger partial charge in [0, 0.05) is 5.69 Å². The fourth-order valence-corrected chi connectivity index (χ4v) is 2.63. The first-order chi connectivity index (χ1) is 9.56. The van der Waals surface area contributed by atoms with Gasteiger partial charge in [0.15, 0.2) is 6.10 Å². The molecule has 0 aromatic heterocycles. The Morgan fingerprint density at radius 2 is 1.70 bits per heavy atom. The minimum atomic E-state index is -0.467. The van der Waals surface area contributed by atoms with E-state index in [2.05, 4.69) is 6.07 Å². The van der Waals surface area contributed by atoms with Crippen molar-refractivity contribution in [1.29, 1.82) is 0 Å². The van der Waals surface area contributed by atoms with E-state index in [1.54, 1.807) is 11.8 Å². The zero-order valence-electron chi connectivity index (χ0n) is 11.9. The van der Waals surface area contributed by atoms with Crippen LogP contribution in [-0.4, -0.2) is 12.0 Å². The largest absolute Gasteiger partial charge is 0.479 e. The standard InChI is InChI=1S/C17H17NO2/c1-11-8-12(2)10-14(9-11)18-15-6-4-5-7-16(15)20-13(3)17(18)19/h4-10,13H,1-3H3. The molecule has 0 saturated carbocycles. The van der Waals surface area contributed by atoms with Gasteiger partial charge >= 0.3 is 0 Å². The van der Waals surface area contributed by atoms with Crippen LogP contribution < -0.4 is 9.64 Å². The molecule has 2 aromatic carbocycles. The third kappa shape index (κ3) is 2.05. The first-order valence-electron chi connectivity index (χ1n) is 6.74. The summed E-state index contributed by atoms with van der Waals surface area (Å²) < 4.78 is 5.67. The zero-order valence-corrected chi connectivity index (χ0v) is 11.9. The first kappa shape index (κ1) is 12.7. The molecular formula is C17H17NO2. The van der Waals surface area contributed by atoms with Crippen molar-refractivity contribution in [3.05, 3.63) is 53.6 Å². The van der Waals surface area contributed by atoms with Crippen molar-refractivity contribution < 1.29 is 9.53 Å². The number of nitrogens with zero attached hydrogens (tertiary/aromatic N) is 1. The maximum Gasteiger partial charge on any atom is 0.272 e. The van der Waals surface area contributed by atoms with Crippen molar-refractivity contribution in [1.82, 2.24) is 0 Å². The van der Waals surface area contributed by atoms with Gasteiger partial charge in [0.2, 0.25) is 0 Å². The Labute approximate surface area is 118 Å². The second-order valence-corrected chi connectivity index (χ2v) is 5.25. The van der Waals surface area contributed by atoms with Crippen LogP contribution in [0.4, 0.5) is 11.4 Å². The number of amides is 1. The summed E-state index contributed by atoms with van der Waals surface area (Å²) in [7, 11) is 0. The average molecular weight is 267 g/mol. The van der Waals surface area contributed by atoms with Crippen molar-refractivity contribution in [3.63, 3.8) is 0 Å². The Morgan fingerprint density at radius 3 is 2.40 bits per heavy atom. The molecule has 0 spiro atoms. The smallest absolute Gasteiger partial charge is 0.272 e. The summed E-state index contributed by atoms with van der Waals surface area (Å²) in [5.41, 5.74) is 3.99. The number of anilines is 2. The van der Waals surface area contributed by atoms with Gasteiger partial charge in [0.1, 0.15) is 5.75 Å². The van der Waals surface area contributed by atoms with Crippen molar-refractivity contribution in [2.24, 2.45) is 0 Å². The summed E-state index contributed by atoms with van der Waals surface area (Å²) in [6.45, 7) is 5.86. The average Bonchev–Trinajstić information content (AvgIpc) is 2.39. The molecule has 0 aliphatic carbocycles. The van der Waals surface area contributed by atoms with E-state index in [1.807, 2.05) is 50.2 Å². The predicted molar refractivity (Wildman–Crippen MR) is 79.6 cm³/mol. The number of carbonyl (C=O) groups excluding carboxylic acids is 1. The Kier molecular flexibility index (Phi) is 2.97. The second-order valence-electron chi connectivity index (χ2n) is 5.25. The number of benzene rings is 2. The summed E-state index contributed by atoms with van der Waals surface area (Å²) >= 11 is 0. The molecule has 3 heteroatoms. The van der Waals surface area contributed by atoms with Gasteiger partial charge in [-0.2, -0.15) is 0 Å². The molecule has 3 nitrogen and oxygen atoms in total. The molecule has 1 aliphatic heterocycles. The lowest BCUT2D eigenvalue weighted by atomic mass is 10.1. The number of fused-ring (bicyclic) bond motifs is 1. The van der Waals surface area contributed by atoms with E-state index in [0.717, 1.165) is 28.3 Å². The molecular weight excluding hydrogens is 250 g/mol. The molecule has 1 unspecified atom stereocenters. The molecule has 2 aromatic rings. The highest BCUT2D eigenvalue weighted by molar-refractivity contribution is 6.05. The highest BCUT2D eigenvalue weighted by Crippen LogP contribution is 2.38. The van der Waals surface area contributed by atoms with Gasteiger partial charge in [-0.3, -0.25) is 9.69 Å². The quantitative estimate of drug-likeness (QED) is 0.787. The van der Waals surface area contributed by atoms with Crippen LogP contribution in [0.1, 0.15) is 18.1 Å². The molecule has 1 heterocycles. The van der Waals surface area contributed by atoms with E-state index in [1.165, 1.54) is 0 Å². The molecule has 0 fully saturated rings. The van der Waals surface area contributed by atoms with Gasteiger partial charge < -0.3 is 4.74 Å². The minimum Gasteiger partial charge on any atom is -0.479 e. The maximum atomic E-state index is 12.5. The van der Waals surface area contributed by atoms with E-state index in [4.69, 9.17) is 4.74 Å². The normalized spacial score (nSPS) is 17.6. The Hall–Kier alpha value is -2.29. The zero-order chi connectivity index (χ0) is 14.3. The van der Waals surface area contributed by atoms with Gasteiger partial charge in [-0.1, -0.05) is 18.2 Å². The van der Waals surface area contributed by atoms with E-state index in [-0.39, 0.29) is 5.91 Å². The van der Waals surface area contributed by atoms with Crippen LogP contribution >= 0.6 is 0 Å². The van der Waals surface area contributed by atoms with Crippen molar-refractivity contribution >= 4 is 17.3 Å². The van der Waals surface area contributed by atoms with Gasteiger partial charge in [-0.05, 0) is 56.2 Å². The number of carbonyl (C=O) groups is 1. The third-order valence-corrected chi connectivity index (χ3v) is 3.44. The summed E-state index contributed by atoms with van der Waals surface area (Å²) in [6.07, 6.45) is -0.467. The van der Waals surface area contributed by atoms with Gasteiger partial charge in [-0.15, -0.1) is 0 Å². The SMILES string of the molecule is Cc1cc(C)cc(N2C(=O)C(C)Oc3ccccc32)c1. The maximum absolute atomic E-state index is 12.5. The number of para-hydroxylation sites is 2. The van der Waals surface area contributed by atoms with E-state index >= 15 is 0 Å². The Morgan fingerprint density at radius 1 is 1.05 bits per heavy atom. The number of hydrogen-bond acceptors (Lipinski definition) is 2. The molecule has 0 saturated heterocycles. The van der Waals surface area contributed by atoms with Crippen LogP contribution in [0.15, 0.2) is 42.5 Å². The van der Waals surface area contributed by atoms with Crippen LogP contribution in [0.2, 0.25) is 0 Å². The number of rotatable bonds is 1. The number of ether oxygens (including phenoxy) is 1. The van der Waals surface area contributed by atoms with Crippen LogP contribution in [0, 0.1) is 13.8 Å². The highest BCUT2D eigenvalue weighted by Gasteiger charge is 2.32. The van der Waals surface area contributed by atoms with Crippen molar-refractivity contribution in [2.45, 2.75) is 26.9 Å². The minimum absolute atomic E-state index is 0.0336. The summed E-state index contributed by atoms with van der Waals surface area (Å²) in [4.78, 5) is 14.3. The van der Waals surface area contributed by atoms with E-state index in [0.29, 0.717) is 0 Å². The summed E-state index contributed by atoms with van der Waals surface area (Å²) in [5, 5.41) is 0. The topological polar surface area (TPSA) is 29.5 Å². The monoisotopic (exact) mass is 267 g/mol. The third-order valence-electron chi connectivity index (χ3n) is 3.44. The van der Waals surface area contributed by atoms with Crippen LogP contribution in [0.25, 0.3) is 0 Å². The molecule has 20 heavy (non-hydrogen) atoms. The van der Waals surface area contributed by atoms with E-state index < -0.39 is 6.10 Å². The molecule has 1 amide bonds. The lowest BCUT2D eigenvalue weighted by molar-refractivity contribution is -0.124. The highest BCUT2D eigenvalue weighted by atomic mass is 16.5. The molecule has 1 atom stereocenters. The predicted octanol–water partition coefficient (Wildman–Crippen LogP) is 3.75. The van der Waals surface area contributed by atoms with Crippen molar-refractivity contribution in [3.8, 4) is 5.75 Å². The lowest BCUT2D eigenvalue weighted by Crippen LogP contribution is -2.41. The van der Waals surface area contributed by atoms with Gasteiger partial charge in [0.05, 0.1) is 5.69 Å². The van der Waals surface area contributed by atoms with E-state index in [9.17, 15) is 4.79 Å². The molecule has 3 rings (SSSR count). The fourth-order valence-electron chi connectivity index (χ4n) is 2.63.